The molecule has 1 unspecified atom stereocenters. The van der Waals surface area contributed by atoms with Gasteiger partial charge in [-0.15, -0.1) is 0 Å². The van der Waals surface area contributed by atoms with Crippen LogP contribution in [0.5, 0.6) is 0 Å². The van der Waals surface area contributed by atoms with Crippen molar-refractivity contribution in [2.24, 2.45) is 0 Å². The molecule has 4 nitrogen and oxygen atoms in total. The summed E-state index contributed by atoms with van der Waals surface area (Å²) in [5, 5.41) is 5.29. The van der Waals surface area contributed by atoms with Crippen molar-refractivity contribution in [2.45, 2.75) is 18.8 Å². The molecule has 24 heavy (non-hydrogen) atoms. The third-order valence-corrected chi connectivity index (χ3v) is 4.02. The fourth-order valence-corrected chi connectivity index (χ4v) is 2.82. The molecular formula is C18H16F2N2O2. The van der Waals surface area contributed by atoms with Crippen molar-refractivity contribution in [3.63, 3.8) is 0 Å². The van der Waals surface area contributed by atoms with Gasteiger partial charge in [0.15, 0.2) is 0 Å². The Morgan fingerprint density at radius 2 is 2.00 bits per heavy atom. The summed E-state index contributed by atoms with van der Waals surface area (Å²) in [6.07, 6.45) is 0.359. The van der Waals surface area contributed by atoms with Crippen molar-refractivity contribution < 1.29 is 18.4 Å². The second-order valence-electron chi connectivity index (χ2n) is 5.67. The van der Waals surface area contributed by atoms with E-state index in [0.717, 1.165) is 0 Å². The predicted octanol–water partition coefficient (Wildman–Crippen LogP) is 2.75. The van der Waals surface area contributed by atoms with E-state index in [1.165, 1.54) is 24.3 Å². The lowest BCUT2D eigenvalue weighted by Crippen LogP contribution is -2.36. The van der Waals surface area contributed by atoms with Gasteiger partial charge in [0.2, 0.25) is 11.8 Å². The smallest absolute Gasteiger partial charge is 0.228 e. The number of carbonyl (C=O) groups is 2. The Bertz CT molecular complexity index is 792. The van der Waals surface area contributed by atoms with Gasteiger partial charge in [0.25, 0.3) is 0 Å². The molecular weight excluding hydrogens is 314 g/mol. The number of benzene rings is 2. The Labute approximate surface area is 137 Å². The molecule has 0 saturated heterocycles. The normalized spacial score (nSPS) is 16.2. The molecule has 1 aliphatic rings. The van der Waals surface area contributed by atoms with Crippen LogP contribution in [0, 0.1) is 11.6 Å². The molecule has 0 aromatic heterocycles. The van der Waals surface area contributed by atoms with E-state index in [9.17, 15) is 18.4 Å². The van der Waals surface area contributed by atoms with Gasteiger partial charge in [-0.3, -0.25) is 9.59 Å². The summed E-state index contributed by atoms with van der Waals surface area (Å²) in [5.41, 5.74) is 1.42. The number of nitrogens with one attached hydrogen (secondary N) is 2. The minimum Gasteiger partial charge on any atom is -0.355 e. The molecule has 0 saturated carbocycles. The Kier molecular flexibility index (Phi) is 4.55. The van der Waals surface area contributed by atoms with E-state index in [1.807, 2.05) is 0 Å². The van der Waals surface area contributed by atoms with E-state index < -0.39 is 11.7 Å². The minimum absolute atomic E-state index is 0.00413. The fourth-order valence-electron chi connectivity index (χ4n) is 2.82. The van der Waals surface area contributed by atoms with Crippen molar-refractivity contribution in [3.8, 4) is 0 Å². The van der Waals surface area contributed by atoms with Crippen LogP contribution in [0.15, 0.2) is 42.5 Å². The molecule has 3 rings (SSSR count). The predicted molar refractivity (Wildman–Crippen MR) is 85.5 cm³/mol. The summed E-state index contributed by atoms with van der Waals surface area (Å²) in [7, 11) is 0. The molecule has 0 bridgehead atoms. The molecule has 1 atom stereocenters. The molecule has 2 N–H and O–H groups in total. The van der Waals surface area contributed by atoms with Crippen molar-refractivity contribution >= 4 is 17.5 Å². The van der Waals surface area contributed by atoms with E-state index in [1.54, 1.807) is 18.2 Å². The molecule has 2 aromatic carbocycles. The number of rotatable bonds is 4. The van der Waals surface area contributed by atoms with Gasteiger partial charge in [0.1, 0.15) is 11.6 Å². The largest absolute Gasteiger partial charge is 0.355 e. The highest BCUT2D eigenvalue weighted by molar-refractivity contribution is 6.01. The number of hydrogen-bond donors (Lipinski definition) is 2. The molecule has 1 heterocycles. The molecule has 0 spiro atoms. The monoisotopic (exact) mass is 330 g/mol. The van der Waals surface area contributed by atoms with Crippen LogP contribution in [0.25, 0.3) is 0 Å². The molecule has 6 heteroatoms. The summed E-state index contributed by atoms with van der Waals surface area (Å²) >= 11 is 0. The van der Waals surface area contributed by atoms with Crippen LogP contribution in [0.4, 0.5) is 14.5 Å². The van der Waals surface area contributed by atoms with Crippen molar-refractivity contribution in [1.82, 2.24) is 5.32 Å². The highest BCUT2D eigenvalue weighted by Crippen LogP contribution is 2.32. The number of hydrogen-bond acceptors (Lipinski definition) is 2. The molecule has 124 valence electrons. The lowest BCUT2D eigenvalue weighted by atomic mass is 9.89. The van der Waals surface area contributed by atoms with E-state index in [2.05, 4.69) is 10.6 Å². The van der Waals surface area contributed by atoms with Crippen LogP contribution in [-0.4, -0.2) is 18.4 Å². The van der Waals surface area contributed by atoms with Crippen LogP contribution >= 0.6 is 0 Å². The standard InChI is InChI=1S/C18H16F2N2O2/c19-12-5-6-13-14(10-17(23)22-16(13)9-12)18(24)21-8-7-11-3-1-2-4-15(11)20/h1-6,9,14H,7-8,10H2,(H,21,24)(H,22,23). The maximum atomic E-state index is 13.6. The SMILES string of the molecule is O=C1CC(C(=O)NCCc2ccccc2F)c2ccc(F)cc2N1. The van der Waals surface area contributed by atoms with Gasteiger partial charge in [-0.1, -0.05) is 24.3 Å². The average Bonchev–Trinajstić information content (AvgIpc) is 2.55. The van der Waals surface area contributed by atoms with Crippen LogP contribution in [0.2, 0.25) is 0 Å². The van der Waals surface area contributed by atoms with Crippen molar-refractivity contribution in [2.75, 3.05) is 11.9 Å². The Morgan fingerprint density at radius 3 is 2.79 bits per heavy atom. The molecule has 2 amide bonds. The first kappa shape index (κ1) is 16.1. The first-order valence-corrected chi connectivity index (χ1v) is 7.65. The van der Waals surface area contributed by atoms with Gasteiger partial charge < -0.3 is 10.6 Å². The summed E-state index contributed by atoms with van der Waals surface area (Å²) in [6, 6.07) is 10.3. The van der Waals surface area contributed by atoms with Gasteiger partial charge in [-0.05, 0) is 35.7 Å². The highest BCUT2D eigenvalue weighted by Gasteiger charge is 2.30. The van der Waals surface area contributed by atoms with Crippen molar-refractivity contribution in [1.29, 1.82) is 0 Å². The molecule has 1 aliphatic heterocycles. The molecule has 0 radical (unpaired) electrons. The first-order valence-electron chi connectivity index (χ1n) is 7.65. The summed E-state index contributed by atoms with van der Waals surface area (Å²) < 4.78 is 26.8. The van der Waals surface area contributed by atoms with E-state index in [-0.39, 0.29) is 30.6 Å². The van der Waals surface area contributed by atoms with E-state index in [0.29, 0.717) is 23.2 Å². The minimum atomic E-state index is -0.671. The van der Waals surface area contributed by atoms with Gasteiger partial charge in [0.05, 0.1) is 5.92 Å². The van der Waals surface area contributed by atoms with Crippen LogP contribution in [0.3, 0.4) is 0 Å². The topological polar surface area (TPSA) is 58.2 Å². The van der Waals surface area contributed by atoms with Crippen molar-refractivity contribution in [3.05, 3.63) is 65.2 Å². The Hall–Kier alpha value is -2.76. The van der Waals surface area contributed by atoms with Gasteiger partial charge in [-0.2, -0.15) is 0 Å². The summed E-state index contributed by atoms with van der Waals surface area (Å²) in [4.78, 5) is 24.1. The Balaban J connectivity index is 1.67. The third kappa shape index (κ3) is 3.42. The van der Waals surface area contributed by atoms with Crippen LogP contribution in [0.1, 0.15) is 23.5 Å². The number of fused-ring (bicyclic) bond motifs is 1. The van der Waals surface area contributed by atoms with E-state index in [4.69, 9.17) is 0 Å². The lowest BCUT2D eigenvalue weighted by Gasteiger charge is -2.24. The van der Waals surface area contributed by atoms with Gasteiger partial charge in [-0.25, -0.2) is 8.78 Å². The molecule has 0 aliphatic carbocycles. The quantitative estimate of drug-likeness (QED) is 0.906. The van der Waals surface area contributed by atoms with Crippen LogP contribution < -0.4 is 10.6 Å². The first-order chi connectivity index (χ1) is 11.5. The number of halogens is 2. The summed E-state index contributed by atoms with van der Waals surface area (Å²) in [5.74, 6) is -2.12. The zero-order valence-electron chi connectivity index (χ0n) is 12.8. The zero-order chi connectivity index (χ0) is 17.1. The summed E-state index contributed by atoms with van der Waals surface area (Å²) in [6.45, 7) is 0.258. The maximum Gasteiger partial charge on any atom is 0.228 e. The van der Waals surface area contributed by atoms with E-state index >= 15 is 0 Å². The van der Waals surface area contributed by atoms with Gasteiger partial charge >= 0.3 is 0 Å². The average molecular weight is 330 g/mol. The zero-order valence-corrected chi connectivity index (χ0v) is 12.8. The fraction of sp³-hybridized carbons (Fsp3) is 0.222. The second kappa shape index (κ2) is 6.78. The number of amides is 2. The Morgan fingerprint density at radius 1 is 1.21 bits per heavy atom. The maximum absolute atomic E-state index is 13.6. The number of anilines is 1. The third-order valence-electron chi connectivity index (χ3n) is 4.02. The second-order valence-corrected chi connectivity index (χ2v) is 5.67. The van der Waals surface area contributed by atoms with Gasteiger partial charge in [0, 0.05) is 18.7 Å². The molecule has 0 fully saturated rings. The number of carbonyl (C=O) groups excluding carboxylic acids is 2. The van der Waals surface area contributed by atoms with Crippen LogP contribution in [-0.2, 0) is 16.0 Å². The molecule has 2 aromatic rings. The highest BCUT2D eigenvalue weighted by atomic mass is 19.1. The lowest BCUT2D eigenvalue weighted by molar-refractivity contribution is -0.126.